The average molecular weight is 260 g/mol. The number of hydrogen-bond acceptors (Lipinski definition) is 5. The van der Waals surface area contributed by atoms with E-state index in [9.17, 15) is 14.4 Å². The van der Waals surface area contributed by atoms with Crippen molar-refractivity contribution in [1.82, 2.24) is 4.98 Å². The van der Waals surface area contributed by atoms with E-state index in [-0.39, 0.29) is 17.9 Å². The number of benzene rings is 1. The first-order chi connectivity index (χ1) is 9.06. The van der Waals surface area contributed by atoms with Gasteiger partial charge in [0.25, 0.3) is 5.56 Å². The van der Waals surface area contributed by atoms with E-state index in [0.29, 0.717) is 22.8 Å². The monoisotopic (exact) mass is 260 g/mol. The lowest BCUT2D eigenvalue weighted by atomic mass is 10.1. The van der Waals surface area contributed by atoms with Crippen molar-refractivity contribution in [2.75, 3.05) is 12.3 Å². The third-order valence-electron chi connectivity index (χ3n) is 2.67. The van der Waals surface area contributed by atoms with Gasteiger partial charge in [-0.2, -0.15) is 0 Å². The van der Waals surface area contributed by atoms with Crippen molar-refractivity contribution >= 4 is 28.8 Å². The topological polar surface area (TPSA) is 102 Å². The largest absolute Gasteiger partial charge is 0.462 e. The number of hydrogen-bond donors (Lipinski definition) is 2. The van der Waals surface area contributed by atoms with Crippen molar-refractivity contribution in [1.29, 1.82) is 0 Å². The summed E-state index contributed by atoms with van der Waals surface area (Å²) in [6.45, 7) is 1.83. The van der Waals surface area contributed by atoms with Crippen molar-refractivity contribution in [3.05, 3.63) is 39.7 Å². The predicted octanol–water partition coefficient (Wildman–Crippen LogP) is 1.10. The predicted molar refractivity (Wildman–Crippen MR) is 70.3 cm³/mol. The molecule has 0 atom stereocenters. The second-order valence-corrected chi connectivity index (χ2v) is 3.92. The zero-order valence-corrected chi connectivity index (χ0v) is 10.2. The number of ether oxygens (including phenoxy) is 1. The molecule has 0 aliphatic rings. The van der Waals surface area contributed by atoms with Crippen molar-refractivity contribution < 1.29 is 14.3 Å². The minimum absolute atomic E-state index is 0.101. The van der Waals surface area contributed by atoms with Gasteiger partial charge in [0.1, 0.15) is 5.56 Å². The fourth-order valence-electron chi connectivity index (χ4n) is 1.75. The second-order valence-electron chi connectivity index (χ2n) is 3.92. The first-order valence-electron chi connectivity index (χ1n) is 5.65. The summed E-state index contributed by atoms with van der Waals surface area (Å²) in [5.74, 6) is -0.699. The van der Waals surface area contributed by atoms with Gasteiger partial charge in [-0.25, -0.2) is 4.79 Å². The number of nitrogen functional groups attached to an aromatic ring is 1. The number of aldehydes is 1. The molecule has 6 nitrogen and oxygen atoms in total. The van der Waals surface area contributed by atoms with Crippen LogP contribution >= 0.6 is 0 Å². The lowest BCUT2D eigenvalue weighted by Crippen LogP contribution is -2.19. The van der Waals surface area contributed by atoms with Crippen LogP contribution in [0.3, 0.4) is 0 Å². The Morgan fingerprint density at radius 2 is 2.16 bits per heavy atom. The minimum atomic E-state index is -0.699. The Labute approximate surface area is 108 Å². The number of H-pyrrole nitrogens is 1. The minimum Gasteiger partial charge on any atom is -0.462 e. The number of nitrogens with one attached hydrogen (secondary N) is 1. The molecule has 6 heteroatoms. The maximum Gasteiger partial charge on any atom is 0.343 e. The summed E-state index contributed by atoms with van der Waals surface area (Å²) in [6.07, 6.45) is 0.615. The average Bonchev–Trinajstić information content (AvgIpc) is 2.37. The lowest BCUT2D eigenvalue weighted by molar-refractivity contribution is 0.0524. The molecule has 0 saturated heterocycles. The Morgan fingerprint density at radius 3 is 2.79 bits per heavy atom. The van der Waals surface area contributed by atoms with Crippen LogP contribution in [0.2, 0.25) is 0 Å². The lowest BCUT2D eigenvalue weighted by Gasteiger charge is -2.05. The molecular weight excluding hydrogens is 248 g/mol. The van der Waals surface area contributed by atoms with Crippen LogP contribution in [-0.4, -0.2) is 23.8 Å². The molecule has 1 aromatic heterocycles. The highest BCUT2D eigenvalue weighted by atomic mass is 16.5. The van der Waals surface area contributed by atoms with Gasteiger partial charge in [-0.05, 0) is 30.5 Å². The molecule has 0 radical (unpaired) electrons. The second kappa shape index (κ2) is 4.93. The molecule has 0 spiro atoms. The van der Waals surface area contributed by atoms with Crippen LogP contribution < -0.4 is 11.3 Å². The normalized spacial score (nSPS) is 10.4. The number of rotatable bonds is 3. The molecule has 0 bridgehead atoms. The Balaban J connectivity index is 2.67. The highest BCUT2D eigenvalue weighted by molar-refractivity contribution is 5.97. The van der Waals surface area contributed by atoms with Crippen LogP contribution in [0.5, 0.6) is 0 Å². The smallest absolute Gasteiger partial charge is 0.343 e. The molecule has 0 unspecified atom stereocenters. The van der Waals surface area contributed by atoms with Crippen molar-refractivity contribution in [3.8, 4) is 0 Å². The molecule has 0 amide bonds. The molecule has 1 aromatic carbocycles. The molecule has 0 saturated carbocycles. The number of esters is 1. The van der Waals surface area contributed by atoms with Crippen molar-refractivity contribution in [3.63, 3.8) is 0 Å². The molecule has 1 heterocycles. The van der Waals surface area contributed by atoms with Crippen LogP contribution in [0.15, 0.2) is 23.0 Å². The maximum absolute atomic E-state index is 11.7. The number of nitrogens with two attached hydrogens (primary N) is 1. The van der Waals surface area contributed by atoms with Crippen molar-refractivity contribution in [2.45, 2.75) is 6.92 Å². The van der Waals surface area contributed by atoms with Gasteiger partial charge in [0, 0.05) is 11.3 Å². The summed E-state index contributed by atoms with van der Waals surface area (Å²) in [5, 5.41) is 0.541. The fraction of sp³-hybridized carbons (Fsp3) is 0.154. The molecule has 98 valence electrons. The highest BCUT2D eigenvalue weighted by Gasteiger charge is 2.13. The van der Waals surface area contributed by atoms with Gasteiger partial charge in [-0.3, -0.25) is 9.59 Å². The number of carbonyl (C=O) groups excluding carboxylic acids is 2. The van der Waals surface area contributed by atoms with E-state index in [1.807, 2.05) is 0 Å². The van der Waals surface area contributed by atoms with E-state index in [4.69, 9.17) is 10.5 Å². The van der Waals surface area contributed by atoms with E-state index in [1.165, 1.54) is 18.2 Å². The van der Waals surface area contributed by atoms with Gasteiger partial charge in [-0.15, -0.1) is 0 Å². The van der Waals surface area contributed by atoms with Crippen LogP contribution in [0.25, 0.3) is 10.9 Å². The van der Waals surface area contributed by atoms with Gasteiger partial charge in [-0.1, -0.05) is 0 Å². The zero-order valence-electron chi connectivity index (χ0n) is 10.2. The summed E-state index contributed by atoms with van der Waals surface area (Å²) in [4.78, 5) is 36.7. The molecule has 0 aliphatic heterocycles. The van der Waals surface area contributed by atoms with Crippen LogP contribution in [0, 0.1) is 0 Å². The number of fused-ring (bicyclic) bond motifs is 1. The van der Waals surface area contributed by atoms with E-state index < -0.39 is 11.5 Å². The molecule has 2 aromatic rings. The van der Waals surface area contributed by atoms with Crippen LogP contribution in [-0.2, 0) is 4.74 Å². The maximum atomic E-state index is 11.7. The van der Waals surface area contributed by atoms with E-state index in [2.05, 4.69) is 4.98 Å². The van der Waals surface area contributed by atoms with E-state index in [1.54, 1.807) is 6.92 Å². The Morgan fingerprint density at radius 1 is 1.42 bits per heavy atom. The molecular formula is C13H12N2O4. The Hall–Kier alpha value is -2.63. The Bertz CT molecular complexity index is 718. The van der Waals surface area contributed by atoms with Crippen LogP contribution in [0.4, 0.5) is 5.69 Å². The van der Waals surface area contributed by atoms with E-state index in [0.717, 1.165) is 0 Å². The zero-order chi connectivity index (χ0) is 14.0. The molecule has 3 N–H and O–H groups in total. The quantitative estimate of drug-likeness (QED) is 0.488. The number of anilines is 1. The molecule has 0 aliphatic carbocycles. The number of aromatic amines is 1. The summed E-state index contributed by atoms with van der Waals surface area (Å²) in [7, 11) is 0. The van der Waals surface area contributed by atoms with Crippen LogP contribution in [0.1, 0.15) is 27.6 Å². The first-order valence-corrected chi connectivity index (χ1v) is 5.65. The van der Waals surface area contributed by atoms with Gasteiger partial charge >= 0.3 is 5.97 Å². The standard InChI is InChI=1S/C13H12N2O4/c1-2-19-13(18)9-4-7-3-8(6-16)10(14)5-11(7)15-12(9)17/h3-6H,2,14H2,1H3,(H,15,17). The third-order valence-corrected chi connectivity index (χ3v) is 2.67. The first kappa shape index (κ1) is 12.8. The number of carbonyl (C=O) groups is 2. The fourth-order valence-corrected chi connectivity index (χ4v) is 1.75. The number of pyridine rings is 1. The van der Waals surface area contributed by atoms with Crippen molar-refractivity contribution in [2.24, 2.45) is 0 Å². The van der Waals surface area contributed by atoms with Gasteiger partial charge in [0.05, 0.1) is 12.1 Å². The van der Waals surface area contributed by atoms with Gasteiger partial charge < -0.3 is 15.5 Å². The summed E-state index contributed by atoms with van der Waals surface area (Å²) in [6, 6.07) is 4.38. The third kappa shape index (κ3) is 2.33. The summed E-state index contributed by atoms with van der Waals surface area (Å²) >= 11 is 0. The summed E-state index contributed by atoms with van der Waals surface area (Å²) in [5.41, 5.74) is 6.02. The highest BCUT2D eigenvalue weighted by Crippen LogP contribution is 2.19. The summed E-state index contributed by atoms with van der Waals surface area (Å²) < 4.78 is 4.78. The Kier molecular flexibility index (Phi) is 3.33. The molecule has 2 rings (SSSR count). The molecule has 0 fully saturated rings. The van der Waals surface area contributed by atoms with Gasteiger partial charge in [0.2, 0.25) is 0 Å². The number of aromatic nitrogens is 1. The SMILES string of the molecule is CCOC(=O)c1cc2cc(C=O)c(N)cc2[nH]c1=O. The van der Waals surface area contributed by atoms with Gasteiger partial charge in [0.15, 0.2) is 6.29 Å². The molecule has 19 heavy (non-hydrogen) atoms. The van der Waals surface area contributed by atoms with E-state index >= 15 is 0 Å².